The highest BCUT2D eigenvalue weighted by Gasteiger charge is 2.07. The number of benzene rings is 1. The quantitative estimate of drug-likeness (QED) is 0.804. The van der Waals surface area contributed by atoms with Crippen LogP contribution < -0.4 is 11.1 Å². The lowest BCUT2D eigenvalue weighted by Gasteiger charge is -2.05. The Balaban J connectivity index is 1.99. The van der Waals surface area contributed by atoms with E-state index in [0.29, 0.717) is 30.9 Å². The number of nitrogens with zero attached hydrogens (tertiary/aromatic N) is 2. The Morgan fingerprint density at radius 2 is 2.29 bits per heavy atom. The van der Waals surface area contributed by atoms with Gasteiger partial charge in [-0.2, -0.15) is 4.98 Å². The molecule has 0 aliphatic heterocycles. The van der Waals surface area contributed by atoms with Crippen LogP contribution in [0.25, 0.3) is 0 Å². The van der Waals surface area contributed by atoms with Gasteiger partial charge in [0.1, 0.15) is 0 Å². The first-order valence-corrected chi connectivity index (χ1v) is 6.53. The predicted molar refractivity (Wildman–Crippen MR) is 77.4 cm³/mol. The Bertz CT molecular complexity index is 669. The number of hydrogen-bond acceptors (Lipinski definition) is 5. The van der Waals surface area contributed by atoms with Crippen molar-refractivity contribution in [1.82, 2.24) is 15.5 Å². The Morgan fingerprint density at radius 3 is 3.00 bits per heavy atom. The van der Waals surface area contributed by atoms with Gasteiger partial charge in [-0.1, -0.05) is 17.0 Å². The van der Waals surface area contributed by atoms with E-state index in [0.717, 1.165) is 11.1 Å². The molecule has 6 nitrogen and oxygen atoms in total. The van der Waals surface area contributed by atoms with Crippen molar-refractivity contribution in [2.24, 2.45) is 5.73 Å². The molecule has 2 aromatic rings. The molecule has 108 valence electrons. The molecule has 0 radical (unpaired) electrons. The van der Waals surface area contributed by atoms with E-state index >= 15 is 0 Å². The number of nitrogens with two attached hydrogens (primary N) is 1. The first-order valence-electron chi connectivity index (χ1n) is 6.53. The summed E-state index contributed by atoms with van der Waals surface area (Å²) in [5.74, 6) is 6.12. The van der Waals surface area contributed by atoms with Gasteiger partial charge in [-0.25, -0.2) is 0 Å². The molecule has 0 saturated carbocycles. The minimum Gasteiger partial charge on any atom is -0.352 e. The third kappa shape index (κ3) is 4.44. The topological polar surface area (TPSA) is 94.0 Å². The monoisotopic (exact) mass is 284 g/mol. The van der Waals surface area contributed by atoms with Crippen molar-refractivity contribution in [2.75, 3.05) is 13.1 Å². The van der Waals surface area contributed by atoms with Gasteiger partial charge in [0.2, 0.25) is 6.39 Å². The van der Waals surface area contributed by atoms with E-state index in [9.17, 15) is 4.79 Å². The predicted octanol–water partition coefficient (Wildman–Crippen LogP) is 0.661. The molecule has 0 spiro atoms. The molecule has 21 heavy (non-hydrogen) atoms. The molecule has 3 N–H and O–H groups in total. The van der Waals surface area contributed by atoms with Crippen LogP contribution in [0, 0.1) is 18.8 Å². The van der Waals surface area contributed by atoms with Crippen molar-refractivity contribution in [3.8, 4) is 11.8 Å². The van der Waals surface area contributed by atoms with E-state index < -0.39 is 0 Å². The maximum atomic E-state index is 12.1. The highest BCUT2D eigenvalue weighted by molar-refractivity contribution is 5.94. The summed E-state index contributed by atoms with van der Waals surface area (Å²) < 4.78 is 4.63. The highest BCUT2D eigenvalue weighted by atomic mass is 16.5. The number of rotatable bonds is 4. The van der Waals surface area contributed by atoms with Crippen molar-refractivity contribution in [3.63, 3.8) is 0 Å². The summed E-state index contributed by atoms with van der Waals surface area (Å²) >= 11 is 0. The zero-order valence-corrected chi connectivity index (χ0v) is 11.7. The molecule has 1 amide bonds. The number of aromatic nitrogens is 2. The lowest BCUT2D eigenvalue weighted by Crippen LogP contribution is -2.26. The molecule has 0 saturated heterocycles. The summed E-state index contributed by atoms with van der Waals surface area (Å²) in [5, 5.41) is 6.49. The highest BCUT2D eigenvalue weighted by Crippen LogP contribution is 2.09. The summed E-state index contributed by atoms with van der Waals surface area (Å²) in [7, 11) is 0. The van der Waals surface area contributed by atoms with Crippen LogP contribution in [-0.4, -0.2) is 29.1 Å². The molecule has 1 aromatic carbocycles. The summed E-state index contributed by atoms with van der Waals surface area (Å²) in [5.41, 5.74) is 7.68. The molecule has 0 bridgehead atoms. The number of carbonyl (C=O) groups excluding carboxylic acids is 1. The van der Waals surface area contributed by atoms with Gasteiger partial charge in [-0.15, -0.1) is 0 Å². The smallest absolute Gasteiger partial charge is 0.251 e. The minimum absolute atomic E-state index is 0.155. The van der Waals surface area contributed by atoms with Gasteiger partial charge in [-0.3, -0.25) is 4.79 Å². The maximum absolute atomic E-state index is 12.1. The average molecular weight is 284 g/mol. The third-order valence-electron chi connectivity index (χ3n) is 2.72. The average Bonchev–Trinajstić information content (AvgIpc) is 2.97. The van der Waals surface area contributed by atoms with Crippen molar-refractivity contribution >= 4 is 5.91 Å². The van der Waals surface area contributed by atoms with E-state index in [1.807, 2.05) is 19.1 Å². The van der Waals surface area contributed by atoms with Crippen LogP contribution in [-0.2, 0) is 6.42 Å². The summed E-state index contributed by atoms with van der Waals surface area (Å²) in [6.45, 7) is 2.65. The number of nitrogens with one attached hydrogen (secondary N) is 1. The third-order valence-corrected chi connectivity index (χ3v) is 2.72. The van der Waals surface area contributed by atoms with E-state index in [-0.39, 0.29) is 5.91 Å². The largest absolute Gasteiger partial charge is 0.352 e. The van der Waals surface area contributed by atoms with Gasteiger partial charge in [0.25, 0.3) is 5.91 Å². The Labute approximate surface area is 122 Å². The number of hydrogen-bond donors (Lipinski definition) is 2. The van der Waals surface area contributed by atoms with Crippen molar-refractivity contribution in [2.45, 2.75) is 13.3 Å². The molecule has 1 aromatic heterocycles. The Morgan fingerprint density at radius 1 is 1.43 bits per heavy atom. The summed E-state index contributed by atoms with van der Waals surface area (Å²) in [4.78, 5) is 16.0. The van der Waals surface area contributed by atoms with Crippen molar-refractivity contribution in [1.29, 1.82) is 0 Å². The van der Waals surface area contributed by atoms with E-state index in [1.54, 1.807) is 6.07 Å². The van der Waals surface area contributed by atoms with E-state index in [4.69, 9.17) is 5.73 Å². The molecule has 0 aliphatic carbocycles. The second-order valence-electron chi connectivity index (χ2n) is 4.45. The zero-order chi connectivity index (χ0) is 15.1. The maximum Gasteiger partial charge on any atom is 0.251 e. The molecule has 0 atom stereocenters. The molecule has 2 rings (SSSR count). The molecular weight excluding hydrogens is 268 g/mol. The molecule has 0 aliphatic rings. The zero-order valence-electron chi connectivity index (χ0n) is 11.7. The van der Waals surface area contributed by atoms with Gasteiger partial charge in [0, 0.05) is 24.1 Å². The van der Waals surface area contributed by atoms with Gasteiger partial charge in [0.05, 0.1) is 6.54 Å². The Kier molecular flexibility index (Phi) is 5.07. The molecule has 0 unspecified atom stereocenters. The standard InChI is InChI=1S/C15H16N4O2/c1-11-7-12(3-2-5-16)9-13(8-11)15(20)17-6-4-14-18-10-21-19-14/h7-10H,4-6,16H2,1H3,(H,17,20). The fraction of sp³-hybridized carbons (Fsp3) is 0.267. The lowest BCUT2D eigenvalue weighted by atomic mass is 10.1. The number of amides is 1. The number of carbonyl (C=O) groups is 1. The summed E-state index contributed by atoms with van der Waals surface area (Å²) in [6, 6.07) is 5.48. The van der Waals surface area contributed by atoms with Crippen LogP contribution in [0.2, 0.25) is 0 Å². The van der Waals surface area contributed by atoms with Crippen LogP contribution >= 0.6 is 0 Å². The molecule has 1 heterocycles. The van der Waals surface area contributed by atoms with Crippen LogP contribution in [0.1, 0.15) is 27.3 Å². The van der Waals surface area contributed by atoms with E-state index in [2.05, 4.69) is 31.8 Å². The molecular formula is C15H16N4O2. The first kappa shape index (κ1) is 14.8. The lowest BCUT2D eigenvalue weighted by molar-refractivity contribution is 0.0954. The van der Waals surface area contributed by atoms with Gasteiger partial charge >= 0.3 is 0 Å². The first-order chi connectivity index (χ1) is 10.2. The Hall–Kier alpha value is -2.65. The van der Waals surface area contributed by atoms with Crippen LogP contribution in [0.15, 0.2) is 29.1 Å². The number of aryl methyl sites for hydroxylation is 1. The van der Waals surface area contributed by atoms with Crippen molar-refractivity contribution in [3.05, 3.63) is 47.1 Å². The summed E-state index contributed by atoms with van der Waals surface area (Å²) in [6.07, 6.45) is 1.79. The van der Waals surface area contributed by atoms with E-state index in [1.165, 1.54) is 6.39 Å². The normalized spacial score (nSPS) is 9.81. The van der Waals surface area contributed by atoms with Crippen LogP contribution in [0.4, 0.5) is 0 Å². The molecule has 6 heteroatoms. The minimum atomic E-state index is -0.155. The second kappa shape index (κ2) is 7.22. The fourth-order valence-electron chi connectivity index (χ4n) is 1.83. The van der Waals surface area contributed by atoms with Crippen LogP contribution in [0.5, 0.6) is 0 Å². The second-order valence-corrected chi connectivity index (χ2v) is 4.45. The van der Waals surface area contributed by atoms with Gasteiger partial charge in [-0.05, 0) is 30.7 Å². The fourth-order valence-corrected chi connectivity index (χ4v) is 1.83. The molecule has 0 fully saturated rings. The SMILES string of the molecule is Cc1cc(C#CCN)cc(C(=O)NCCc2ncon2)c1. The van der Waals surface area contributed by atoms with Crippen molar-refractivity contribution < 1.29 is 9.32 Å². The van der Waals surface area contributed by atoms with Gasteiger partial charge in [0.15, 0.2) is 5.82 Å². The van der Waals surface area contributed by atoms with Crippen LogP contribution in [0.3, 0.4) is 0 Å². The van der Waals surface area contributed by atoms with Gasteiger partial charge < -0.3 is 15.6 Å².